The summed E-state index contributed by atoms with van der Waals surface area (Å²) in [5, 5.41) is 0. The molecule has 0 aliphatic rings. The molecule has 14 aromatic rings. The summed E-state index contributed by atoms with van der Waals surface area (Å²) in [5.41, 5.74) is 14.1. The molecule has 0 N–H and O–H groups in total. The second-order valence-corrected chi connectivity index (χ2v) is 19.6. The van der Waals surface area contributed by atoms with Gasteiger partial charge in [-0.1, -0.05) is 48.5 Å². The highest BCUT2D eigenvalue weighted by Gasteiger charge is 2.04. The van der Waals surface area contributed by atoms with Gasteiger partial charge in [-0.3, -0.25) is 29.9 Å². The zero-order valence-electron chi connectivity index (χ0n) is 51.3. The highest BCUT2D eigenvalue weighted by Crippen LogP contribution is 2.19. The summed E-state index contributed by atoms with van der Waals surface area (Å²) < 4.78 is 0. The Labute approximate surface area is 528 Å². The standard InChI is InChI=1S/C11H10N2.6C10H9N3/c1-9-7-12-11(13-8-9)10-5-3-2-4-6-10;1-8-12-6-10(7-13-8)9-2-4-11-5-3-9;1-8-6-12-10(13-7-8)9-2-4-11-5-3-9;1-8-12-6-10(7-13-8)9-3-2-4-11-5-9;1-8-5-12-10(13-6-8)9-3-2-4-11-7-9;1-8-12-6-9(7-13-8)10-4-2-3-5-11-10;1-8-6-12-10(13-7-8)9-4-2-3-5-11-9/h2-8H,1H3;6*2-7H,1H3. The van der Waals surface area contributed by atoms with Crippen LogP contribution in [0.15, 0.2) is 264 Å². The summed E-state index contributed by atoms with van der Waals surface area (Å²) in [4.78, 5) is 82.6. The Morgan fingerprint density at radius 3 is 0.901 bits per heavy atom. The number of nitrogens with zero attached hydrogens (tertiary/aromatic N) is 20. The Morgan fingerprint density at radius 1 is 0.176 bits per heavy atom. The Bertz CT molecular complexity index is 3460. The van der Waals surface area contributed by atoms with Crippen LogP contribution in [0.2, 0.25) is 0 Å². The lowest BCUT2D eigenvalue weighted by Crippen LogP contribution is -1.90. The van der Waals surface area contributed by atoms with Crippen LogP contribution in [0, 0.1) is 48.5 Å². The van der Waals surface area contributed by atoms with Crippen LogP contribution in [0.1, 0.15) is 39.7 Å². The van der Waals surface area contributed by atoms with E-state index in [2.05, 4.69) is 99.7 Å². The van der Waals surface area contributed by atoms with Crippen molar-refractivity contribution in [2.45, 2.75) is 48.5 Å². The monoisotopic (exact) mass is 1200 g/mol. The van der Waals surface area contributed by atoms with Crippen LogP contribution in [0.5, 0.6) is 0 Å². The molecule has 13 heterocycles. The van der Waals surface area contributed by atoms with Crippen molar-refractivity contribution in [1.29, 1.82) is 0 Å². The van der Waals surface area contributed by atoms with E-state index < -0.39 is 0 Å². The van der Waals surface area contributed by atoms with Crippen molar-refractivity contribution >= 4 is 0 Å². The number of hydrogen-bond acceptors (Lipinski definition) is 20. The maximum atomic E-state index is 4.24. The van der Waals surface area contributed by atoms with Crippen molar-refractivity contribution in [3.05, 3.63) is 304 Å². The van der Waals surface area contributed by atoms with Crippen LogP contribution in [0.25, 0.3) is 79.2 Å². The zero-order valence-corrected chi connectivity index (χ0v) is 51.3. The minimum atomic E-state index is 0.672. The first-order valence-corrected chi connectivity index (χ1v) is 28.5. The van der Waals surface area contributed by atoms with Crippen LogP contribution < -0.4 is 0 Å². The van der Waals surface area contributed by atoms with Crippen molar-refractivity contribution in [3.8, 4) is 79.2 Å². The predicted molar refractivity (Wildman–Crippen MR) is 352 cm³/mol. The number of aromatic nitrogens is 20. The summed E-state index contributed by atoms with van der Waals surface area (Å²) in [6, 6.07) is 36.8. The van der Waals surface area contributed by atoms with Gasteiger partial charge in [0.2, 0.25) is 0 Å². The SMILES string of the molecule is Cc1cnc(-c2ccccc2)nc1.Cc1cnc(-c2ccccn2)nc1.Cc1cnc(-c2cccnc2)nc1.Cc1cnc(-c2ccncc2)nc1.Cc1ncc(-c2ccccn2)cn1.Cc1ncc(-c2cccnc2)cn1.Cc1ncc(-c2ccncc2)cn1. The molecule has 0 bridgehead atoms. The Morgan fingerprint density at radius 2 is 0.505 bits per heavy atom. The van der Waals surface area contributed by atoms with Gasteiger partial charge in [0.1, 0.15) is 23.2 Å². The second kappa shape index (κ2) is 35.3. The van der Waals surface area contributed by atoms with E-state index in [9.17, 15) is 0 Å². The highest BCUT2D eigenvalue weighted by molar-refractivity contribution is 5.61. The fourth-order valence-corrected chi connectivity index (χ4v) is 7.45. The number of rotatable bonds is 7. The Kier molecular flexibility index (Phi) is 25.1. The Hall–Kier alpha value is -12.3. The molecule has 13 aromatic heterocycles. The van der Waals surface area contributed by atoms with E-state index in [-0.39, 0.29) is 0 Å². The first-order valence-electron chi connectivity index (χ1n) is 28.5. The normalized spacial score (nSPS) is 9.92. The second-order valence-electron chi connectivity index (χ2n) is 19.6. The average Bonchev–Trinajstić information content (AvgIpc) is 3.81. The zero-order chi connectivity index (χ0) is 63.7. The molecule has 0 aliphatic heterocycles. The fourth-order valence-electron chi connectivity index (χ4n) is 7.45. The predicted octanol–water partition coefficient (Wildman–Crippen LogP) is 13.5. The molecule has 0 aliphatic carbocycles. The summed E-state index contributed by atoms with van der Waals surface area (Å²) in [7, 11) is 0. The molecule has 1 aromatic carbocycles. The third kappa shape index (κ3) is 22.2. The smallest absolute Gasteiger partial charge is 0.178 e. The van der Waals surface area contributed by atoms with Crippen LogP contribution >= 0.6 is 0 Å². The average molecular weight is 1200 g/mol. The van der Waals surface area contributed by atoms with Crippen molar-refractivity contribution in [2.75, 3.05) is 0 Å². The van der Waals surface area contributed by atoms with Gasteiger partial charge in [0.05, 0.1) is 5.69 Å². The molecule has 0 spiro atoms. The van der Waals surface area contributed by atoms with Gasteiger partial charge in [0.15, 0.2) is 23.3 Å². The topological polar surface area (TPSA) is 258 Å². The third-order valence-corrected chi connectivity index (χ3v) is 12.2. The minimum Gasteiger partial charge on any atom is -0.265 e. The van der Waals surface area contributed by atoms with Gasteiger partial charge in [-0.2, -0.15) is 0 Å². The number of pyridine rings is 6. The molecule has 0 atom stereocenters. The van der Waals surface area contributed by atoms with E-state index in [0.29, 0.717) is 5.82 Å². The van der Waals surface area contributed by atoms with Crippen LogP contribution in [-0.2, 0) is 0 Å². The molecule has 14 rings (SSSR count). The highest BCUT2D eigenvalue weighted by atomic mass is 14.9. The summed E-state index contributed by atoms with van der Waals surface area (Å²) in [6.45, 7) is 13.5. The van der Waals surface area contributed by atoms with Crippen LogP contribution in [0.3, 0.4) is 0 Å². The molecule has 0 amide bonds. The third-order valence-electron chi connectivity index (χ3n) is 12.2. The fraction of sp³-hybridized carbons (Fsp3) is 0.0986. The minimum absolute atomic E-state index is 0.672. The largest absolute Gasteiger partial charge is 0.265 e. The number of benzene rings is 1. The lowest BCUT2D eigenvalue weighted by atomic mass is 10.1. The number of hydrogen-bond donors (Lipinski definition) is 0. The molecule has 0 saturated heterocycles. The van der Waals surface area contributed by atoms with E-state index in [1.807, 2.05) is 201 Å². The molecule has 0 saturated carbocycles. The van der Waals surface area contributed by atoms with E-state index in [0.717, 1.165) is 113 Å². The van der Waals surface area contributed by atoms with E-state index in [4.69, 9.17) is 0 Å². The maximum Gasteiger partial charge on any atom is 0.178 e. The van der Waals surface area contributed by atoms with Gasteiger partial charge >= 0.3 is 0 Å². The molecule has 91 heavy (non-hydrogen) atoms. The molecule has 20 heteroatoms. The van der Waals surface area contributed by atoms with Gasteiger partial charge in [-0.05, 0) is 143 Å². The van der Waals surface area contributed by atoms with Gasteiger partial charge in [-0.25, -0.2) is 69.8 Å². The van der Waals surface area contributed by atoms with Gasteiger partial charge in [-0.15, -0.1) is 0 Å². The quantitative estimate of drug-likeness (QED) is 0.144. The van der Waals surface area contributed by atoms with Crippen molar-refractivity contribution < 1.29 is 0 Å². The van der Waals surface area contributed by atoms with E-state index in [1.54, 1.807) is 112 Å². The number of aryl methyl sites for hydroxylation is 7. The van der Waals surface area contributed by atoms with E-state index >= 15 is 0 Å². The molecular formula is C71H64N20. The van der Waals surface area contributed by atoms with E-state index in [1.165, 1.54) is 0 Å². The van der Waals surface area contributed by atoms with Crippen molar-refractivity contribution in [3.63, 3.8) is 0 Å². The van der Waals surface area contributed by atoms with Crippen molar-refractivity contribution in [2.24, 2.45) is 0 Å². The molecular weight excluding hydrogens is 1130 g/mol. The van der Waals surface area contributed by atoms with Gasteiger partial charge in [0, 0.05) is 188 Å². The van der Waals surface area contributed by atoms with Crippen LogP contribution in [0.4, 0.5) is 0 Å². The lowest BCUT2D eigenvalue weighted by Gasteiger charge is -1.98. The molecule has 448 valence electrons. The van der Waals surface area contributed by atoms with Gasteiger partial charge in [0.25, 0.3) is 0 Å². The molecule has 20 nitrogen and oxygen atoms in total. The first kappa shape index (κ1) is 64.7. The lowest BCUT2D eigenvalue weighted by molar-refractivity contribution is 1.05. The van der Waals surface area contributed by atoms with Crippen LogP contribution in [-0.4, -0.2) is 99.7 Å². The van der Waals surface area contributed by atoms with Crippen molar-refractivity contribution in [1.82, 2.24) is 99.7 Å². The maximum absolute atomic E-state index is 4.24. The summed E-state index contributed by atoms with van der Waals surface area (Å²) in [5.74, 6) is 5.27. The summed E-state index contributed by atoms with van der Waals surface area (Å²) >= 11 is 0. The summed E-state index contributed by atoms with van der Waals surface area (Å²) in [6.07, 6.45) is 42.8. The Balaban J connectivity index is 0.000000137. The first-order chi connectivity index (χ1) is 44.5. The van der Waals surface area contributed by atoms with Gasteiger partial charge < -0.3 is 0 Å². The molecule has 0 fully saturated rings. The molecule has 0 unspecified atom stereocenters. The molecule has 0 radical (unpaired) electrons.